The number of nitrogens with zero attached hydrogens (tertiary/aromatic N) is 2. The number of hydrogen-bond acceptors (Lipinski definition) is 3. The molecule has 0 unspecified atom stereocenters. The quantitative estimate of drug-likeness (QED) is 0.711. The molecule has 2 rings (SSSR count). The van der Waals surface area contributed by atoms with Gasteiger partial charge in [0.2, 0.25) is 0 Å². The molecule has 0 atom stereocenters. The van der Waals surface area contributed by atoms with Crippen molar-refractivity contribution in [1.82, 2.24) is 9.55 Å². The van der Waals surface area contributed by atoms with Gasteiger partial charge in [0.25, 0.3) is 0 Å². The molecule has 76 valence electrons. The number of methoxy groups -OCH3 is 1. The van der Waals surface area contributed by atoms with Gasteiger partial charge in [0.1, 0.15) is 0 Å². The molecular weight excluding hydrogens is 192 g/mol. The maximum Gasteiger partial charge on any atom is 0.417 e. The monoisotopic (exact) mass is 202 g/mol. The fourth-order valence-electron chi connectivity index (χ4n) is 1.33. The van der Waals surface area contributed by atoms with Crippen LogP contribution in [0.4, 0.5) is 4.79 Å². The van der Waals surface area contributed by atoms with E-state index < -0.39 is 6.09 Å². The molecule has 0 N–H and O–H groups in total. The van der Waals surface area contributed by atoms with E-state index in [9.17, 15) is 4.79 Å². The Hall–Kier alpha value is -2.10. The summed E-state index contributed by atoms with van der Waals surface area (Å²) in [6.45, 7) is 0. The van der Waals surface area contributed by atoms with Gasteiger partial charge in [0.05, 0.1) is 7.11 Å². The van der Waals surface area contributed by atoms with E-state index in [1.807, 2.05) is 18.2 Å². The number of pyridine rings is 1. The smallest absolute Gasteiger partial charge is 0.417 e. The van der Waals surface area contributed by atoms with Crippen molar-refractivity contribution in [1.29, 1.82) is 0 Å². The fraction of sp³-hybridized carbons (Fsp3) is 0.0909. The molecule has 4 nitrogen and oxygen atoms in total. The molecule has 0 radical (unpaired) electrons. The van der Waals surface area contributed by atoms with E-state index in [0.717, 1.165) is 11.1 Å². The van der Waals surface area contributed by atoms with Crippen LogP contribution in [0.3, 0.4) is 0 Å². The van der Waals surface area contributed by atoms with Crippen LogP contribution in [-0.2, 0) is 4.74 Å². The lowest BCUT2D eigenvalue weighted by Crippen LogP contribution is -2.08. The number of aromatic nitrogens is 2. The Balaban J connectivity index is 2.32. The molecule has 0 spiro atoms. The Kier molecular flexibility index (Phi) is 2.49. The highest BCUT2D eigenvalue weighted by atomic mass is 16.5. The largest absolute Gasteiger partial charge is 0.452 e. The average molecular weight is 202 g/mol. The molecular formula is C11H10N2O2. The van der Waals surface area contributed by atoms with Crippen LogP contribution < -0.4 is 0 Å². The van der Waals surface area contributed by atoms with Gasteiger partial charge in [-0.1, -0.05) is 0 Å². The zero-order valence-electron chi connectivity index (χ0n) is 8.25. The molecule has 0 aliphatic rings. The maximum absolute atomic E-state index is 11.2. The second-order valence-corrected chi connectivity index (χ2v) is 3.01. The minimum absolute atomic E-state index is 0.393. The molecule has 0 amide bonds. The van der Waals surface area contributed by atoms with Crippen molar-refractivity contribution < 1.29 is 9.53 Å². The molecule has 0 aliphatic heterocycles. The van der Waals surface area contributed by atoms with Crippen molar-refractivity contribution in [3.8, 4) is 11.1 Å². The van der Waals surface area contributed by atoms with Crippen molar-refractivity contribution in [3.05, 3.63) is 43.0 Å². The summed E-state index contributed by atoms with van der Waals surface area (Å²) >= 11 is 0. The van der Waals surface area contributed by atoms with Gasteiger partial charge in [-0.15, -0.1) is 0 Å². The number of carbonyl (C=O) groups is 1. The zero-order valence-corrected chi connectivity index (χ0v) is 8.25. The van der Waals surface area contributed by atoms with Crippen molar-refractivity contribution in [2.75, 3.05) is 7.11 Å². The third-order valence-electron chi connectivity index (χ3n) is 2.09. The van der Waals surface area contributed by atoms with Gasteiger partial charge in [-0.2, -0.15) is 0 Å². The van der Waals surface area contributed by atoms with Crippen molar-refractivity contribution in [2.45, 2.75) is 0 Å². The molecule has 0 aromatic carbocycles. The van der Waals surface area contributed by atoms with Crippen LogP contribution in [0, 0.1) is 0 Å². The van der Waals surface area contributed by atoms with E-state index in [1.165, 1.54) is 11.7 Å². The van der Waals surface area contributed by atoms with E-state index in [0.29, 0.717) is 0 Å². The minimum atomic E-state index is -0.393. The first-order valence-electron chi connectivity index (χ1n) is 4.48. The van der Waals surface area contributed by atoms with Crippen LogP contribution >= 0.6 is 0 Å². The number of hydrogen-bond donors (Lipinski definition) is 0. The van der Waals surface area contributed by atoms with Crippen LogP contribution in [0.5, 0.6) is 0 Å². The molecule has 0 aliphatic carbocycles. The lowest BCUT2D eigenvalue weighted by Gasteiger charge is -1.98. The Morgan fingerprint density at radius 2 is 2.00 bits per heavy atom. The number of ether oxygens (including phenoxy) is 1. The standard InChI is InChI=1S/C11H10N2O2/c1-15-11(14)13-7-4-10(8-13)9-2-5-12-6-3-9/h2-8H,1H3. The highest BCUT2D eigenvalue weighted by Crippen LogP contribution is 2.18. The lowest BCUT2D eigenvalue weighted by atomic mass is 10.1. The van der Waals surface area contributed by atoms with Crippen LogP contribution in [0.15, 0.2) is 43.0 Å². The Morgan fingerprint density at radius 3 is 2.67 bits per heavy atom. The first-order chi connectivity index (χ1) is 7.31. The maximum atomic E-state index is 11.2. The second kappa shape index (κ2) is 3.96. The first-order valence-corrected chi connectivity index (χ1v) is 4.48. The van der Waals surface area contributed by atoms with E-state index in [-0.39, 0.29) is 0 Å². The van der Waals surface area contributed by atoms with E-state index >= 15 is 0 Å². The summed E-state index contributed by atoms with van der Waals surface area (Å²) in [4.78, 5) is 15.1. The van der Waals surface area contributed by atoms with E-state index in [1.54, 1.807) is 24.8 Å². The van der Waals surface area contributed by atoms with Crippen LogP contribution in [0.25, 0.3) is 11.1 Å². The number of rotatable bonds is 1. The molecule has 15 heavy (non-hydrogen) atoms. The second-order valence-electron chi connectivity index (χ2n) is 3.01. The number of carbonyl (C=O) groups excluding carboxylic acids is 1. The van der Waals surface area contributed by atoms with Crippen LogP contribution in [0.2, 0.25) is 0 Å². The van der Waals surface area contributed by atoms with Crippen LogP contribution in [-0.4, -0.2) is 22.8 Å². The molecule has 0 bridgehead atoms. The predicted molar refractivity (Wildman–Crippen MR) is 55.5 cm³/mol. The molecule has 2 aromatic rings. The third kappa shape index (κ3) is 1.88. The topological polar surface area (TPSA) is 44.1 Å². The summed E-state index contributed by atoms with van der Waals surface area (Å²) in [5.41, 5.74) is 1.98. The van der Waals surface area contributed by atoms with Crippen molar-refractivity contribution in [3.63, 3.8) is 0 Å². The van der Waals surface area contributed by atoms with Crippen molar-refractivity contribution in [2.24, 2.45) is 0 Å². The summed E-state index contributed by atoms with van der Waals surface area (Å²) < 4.78 is 6.00. The molecule has 2 heterocycles. The van der Waals surface area contributed by atoms with Gasteiger partial charge in [-0.25, -0.2) is 4.79 Å². The van der Waals surface area contributed by atoms with E-state index in [4.69, 9.17) is 0 Å². The lowest BCUT2D eigenvalue weighted by molar-refractivity contribution is 0.173. The highest BCUT2D eigenvalue weighted by molar-refractivity contribution is 5.73. The van der Waals surface area contributed by atoms with Gasteiger partial charge < -0.3 is 4.74 Å². The summed E-state index contributed by atoms with van der Waals surface area (Å²) in [6.07, 6.45) is 6.42. The summed E-state index contributed by atoms with van der Waals surface area (Å²) in [5, 5.41) is 0. The third-order valence-corrected chi connectivity index (χ3v) is 2.09. The SMILES string of the molecule is COC(=O)n1ccc(-c2ccncc2)c1. The molecule has 0 saturated heterocycles. The van der Waals surface area contributed by atoms with Gasteiger partial charge in [-0.05, 0) is 23.8 Å². The van der Waals surface area contributed by atoms with Crippen LogP contribution in [0.1, 0.15) is 0 Å². The predicted octanol–water partition coefficient (Wildman–Crippen LogP) is 2.16. The summed E-state index contributed by atoms with van der Waals surface area (Å²) in [6, 6.07) is 5.63. The fourth-order valence-corrected chi connectivity index (χ4v) is 1.33. The Bertz CT molecular complexity index is 462. The highest BCUT2D eigenvalue weighted by Gasteiger charge is 2.05. The zero-order chi connectivity index (χ0) is 10.7. The van der Waals surface area contributed by atoms with Gasteiger partial charge in [0.15, 0.2) is 0 Å². The van der Waals surface area contributed by atoms with Crippen molar-refractivity contribution >= 4 is 6.09 Å². The molecule has 0 saturated carbocycles. The summed E-state index contributed by atoms with van der Waals surface area (Å²) in [7, 11) is 1.36. The molecule has 0 fully saturated rings. The first kappa shape index (κ1) is 9.45. The average Bonchev–Trinajstić information content (AvgIpc) is 2.78. The molecule has 2 aromatic heterocycles. The molecule has 4 heteroatoms. The minimum Gasteiger partial charge on any atom is -0.452 e. The van der Waals surface area contributed by atoms with Gasteiger partial charge in [-0.3, -0.25) is 9.55 Å². The Labute approximate surface area is 87.1 Å². The van der Waals surface area contributed by atoms with Gasteiger partial charge in [0, 0.05) is 30.4 Å². The van der Waals surface area contributed by atoms with E-state index in [2.05, 4.69) is 9.72 Å². The summed E-state index contributed by atoms with van der Waals surface area (Å²) in [5.74, 6) is 0. The van der Waals surface area contributed by atoms with Gasteiger partial charge >= 0.3 is 6.09 Å². The normalized spacial score (nSPS) is 9.93. The Morgan fingerprint density at radius 1 is 1.27 bits per heavy atom.